The number of sulfonamides is 1. The molecular formula is C24H31N4O5S+. The number of aryl methyl sites for hydroxylation is 1. The topological polar surface area (TPSA) is 113 Å². The van der Waals surface area contributed by atoms with Gasteiger partial charge in [-0.15, -0.1) is 4.90 Å². The zero-order valence-electron chi connectivity index (χ0n) is 19.6. The highest BCUT2D eigenvalue weighted by Gasteiger charge is 2.48. The van der Waals surface area contributed by atoms with Crippen LogP contribution in [-0.2, 0) is 21.4 Å². The third-order valence-corrected chi connectivity index (χ3v) is 8.97. The van der Waals surface area contributed by atoms with Crippen molar-refractivity contribution in [3.05, 3.63) is 41.3 Å². The maximum absolute atomic E-state index is 13.5. The van der Waals surface area contributed by atoms with E-state index >= 15 is 0 Å². The second-order valence-electron chi connectivity index (χ2n) is 10.2. The van der Waals surface area contributed by atoms with Gasteiger partial charge in [0, 0.05) is 11.6 Å². The molecule has 9 nitrogen and oxygen atoms in total. The van der Waals surface area contributed by atoms with Crippen molar-refractivity contribution in [2.45, 2.75) is 76.1 Å². The summed E-state index contributed by atoms with van der Waals surface area (Å²) in [6, 6.07) is 1.28. The molecule has 1 aromatic heterocycles. The number of imide groups is 1. The molecule has 1 aliphatic heterocycles. The first-order valence-corrected chi connectivity index (χ1v) is 13.6. The summed E-state index contributed by atoms with van der Waals surface area (Å²) < 4.78 is 35.7. The minimum absolute atomic E-state index is 0.0538. The van der Waals surface area contributed by atoms with Crippen LogP contribution in [0.1, 0.15) is 63.3 Å². The van der Waals surface area contributed by atoms with Crippen LogP contribution < -0.4 is 4.72 Å². The summed E-state index contributed by atoms with van der Waals surface area (Å²) in [6.07, 6.45) is 11.8. The van der Waals surface area contributed by atoms with E-state index < -0.39 is 32.8 Å². The molecule has 2 saturated carbocycles. The Bertz CT molecular complexity index is 1220. The lowest BCUT2D eigenvalue weighted by atomic mass is 9.88. The van der Waals surface area contributed by atoms with Gasteiger partial charge in [-0.05, 0) is 57.6 Å². The Morgan fingerprint density at radius 2 is 1.97 bits per heavy atom. The molecule has 0 spiro atoms. The highest BCUT2D eigenvalue weighted by Crippen LogP contribution is 2.36. The minimum Gasteiger partial charge on any atom is -0.357 e. The molecule has 1 aromatic rings. The van der Waals surface area contributed by atoms with Crippen molar-refractivity contribution in [3.8, 4) is 0 Å². The molecule has 2 fully saturated rings. The summed E-state index contributed by atoms with van der Waals surface area (Å²) in [5.41, 5.74) is 0.967. The quantitative estimate of drug-likeness (QED) is 0.592. The molecule has 3 aliphatic carbocycles. The highest BCUT2D eigenvalue weighted by molar-refractivity contribution is 7.90. The van der Waals surface area contributed by atoms with Crippen molar-refractivity contribution in [3.63, 3.8) is 0 Å². The molecule has 0 bridgehead atoms. The number of aromatic nitrogens is 1. The molecule has 0 saturated heterocycles. The molecule has 1 unspecified atom stereocenters. The second kappa shape index (κ2) is 8.57. The van der Waals surface area contributed by atoms with Crippen LogP contribution in [0.3, 0.4) is 0 Å². The summed E-state index contributed by atoms with van der Waals surface area (Å²) in [6.45, 7) is 4.09. The van der Waals surface area contributed by atoms with Crippen molar-refractivity contribution >= 4 is 27.7 Å². The van der Waals surface area contributed by atoms with Crippen molar-refractivity contribution < 1.29 is 27.1 Å². The van der Waals surface area contributed by atoms with Gasteiger partial charge in [0.15, 0.2) is 12.3 Å². The fourth-order valence-corrected chi connectivity index (χ4v) is 6.59. The second-order valence-corrected chi connectivity index (χ2v) is 12.1. The van der Waals surface area contributed by atoms with Crippen LogP contribution in [0.2, 0.25) is 0 Å². The maximum atomic E-state index is 13.5. The fourth-order valence-electron chi connectivity index (χ4n) is 4.96. The average molecular weight is 488 g/mol. The van der Waals surface area contributed by atoms with E-state index in [-0.39, 0.29) is 12.1 Å². The van der Waals surface area contributed by atoms with E-state index in [9.17, 15) is 18.0 Å². The maximum Gasteiger partial charge on any atom is 0.501 e. The summed E-state index contributed by atoms with van der Waals surface area (Å²) >= 11 is 0. The van der Waals surface area contributed by atoms with Gasteiger partial charge in [0.05, 0.1) is 12.2 Å². The van der Waals surface area contributed by atoms with E-state index in [0.29, 0.717) is 29.6 Å². The Kier molecular flexibility index (Phi) is 5.84. The number of nitrogens with zero attached hydrogens (tertiary/aromatic N) is 3. The average Bonchev–Trinajstić information content (AvgIpc) is 3.37. The number of urea groups is 1. The van der Waals surface area contributed by atoms with Crippen LogP contribution in [0, 0.1) is 12.8 Å². The summed E-state index contributed by atoms with van der Waals surface area (Å²) in [7, 11) is -3.71. The minimum atomic E-state index is -3.71. The number of rotatable bonds is 7. The SMILES string of the molecule is Cc1cc(CN2C(=O)C3=CC(S(=O)(=O)NC4(C)CC4)C=CC3=[N+](CC3CCCCC3)C2=O)on1. The summed E-state index contributed by atoms with van der Waals surface area (Å²) in [4.78, 5) is 28.1. The largest absolute Gasteiger partial charge is 0.501 e. The van der Waals surface area contributed by atoms with Crippen molar-refractivity contribution in [2.75, 3.05) is 6.54 Å². The molecule has 1 N–H and O–H groups in total. The first kappa shape index (κ1) is 23.2. The van der Waals surface area contributed by atoms with Crippen LogP contribution in [0.4, 0.5) is 4.79 Å². The van der Waals surface area contributed by atoms with Gasteiger partial charge in [0.1, 0.15) is 16.5 Å². The number of hydrogen-bond donors (Lipinski definition) is 1. The number of carbonyl (C=O) groups excluding carboxylic acids is 2. The molecule has 10 heteroatoms. The third kappa shape index (κ3) is 4.53. The van der Waals surface area contributed by atoms with Crippen LogP contribution in [0.25, 0.3) is 0 Å². The van der Waals surface area contributed by atoms with Gasteiger partial charge in [0.2, 0.25) is 10.0 Å². The Labute approximate surface area is 199 Å². The molecule has 0 aromatic carbocycles. The van der Waals surface area contributed by atoms with E-state index in [1.165, 1.54) is 12.5 Å². The van der Waals surface area contributed by atoms with Crippen molar-refractivity contribution in [1.82, 2.24) is 14.8 Å². The fraction of sp³-hybridized carbons (Fsp3) is 0.583. The van der Waals surface area contributed by atoms with Gasteiger partial charge < -0.3 is 4.52 Å². The van der Waals surface area contributed by atoms with Crippen LogP contribution in [0.5, 0.6) is 0 Å². The van der Waals surface area contributed by atoms with Gasteiger partial charge in [0.25, 0.3) is 0 Å². The standard InChI is InChI=1S/C24H31N4O5S/c1-16-12-18(33-25-16)15-28-22(29)20-13-19(34(31,32)26-24(2)10-11-24)8-9-21(20)27(23(28)30)14-17-6-4-3-5-7-17/h8-9,12-13,17,19,26H,3-7,10-11,14-15H2,1-2H3/q+1. The van der Waals surface area contributed by atoms with E-state index in [1.54, 1.807) is 29.7 Å². The molecule has 182 valence electrons. The first-order valence-electron chi connectivity index (χ1n) is 12.0. The highest BCUT2D eigenvalue weighted by atomic mass is 32.2. The number of amides is 3. The van der Waals surface area contributed by atoms with Gasteiger partial charge >= 0.3 is 11.9 Å². The van der Waals surface area contributed by atoms with E-state index in [1.807, 2.05) is 6.92 Å². The smallest absolute Gasteiger partial charge is 0.357 e. The molecule has 1 atom stereocenters. The zero-order chi connectivity index (χ0) is 24.1. The van der Waals surface area contributed by atoms with Gasteiger partial charge in [-0.3, -0.25) is 0 Å². The number of fused-ring (bicyclic) bond motifs is 1. The Morgan fingerprint density at radius 3 is 2.62 bits per heavy atom. The summed E-state index contributed by atoms with van der Waals surface area (Å²) in [5.74, 6) is 0.233. The molecule has 0 radical (unpaired) electrons. The lowest BCUT2D eigenvalue weighted by molar-refractivity contribution is -0.446. The Morgan fingerprint density at radius 1 is 1.24 bits per heavy atom. The number of hydrogen-bond acceptors (Lipinski definition) is 6. The number of carbonyl (C=O) groups is 2. The molecule has 3 amide bonds. The van der Waals surface area contributed by atoms with Gasteiger partial charge in [-0.1, -0.05) is 30.5 Å². The Hall–Kier alpha value is -2.59. The Balaban J connectivity index is 1.50. The van der Waals surface area contributed by atoms with E-state index in [0.717, 1.165) is 43.4 Å². The zero-order valence-corrected chi connectivity index (χ0v) is 20.4. The molecule has 4 aliphatic rings. The normalized spacial score (nSPS) is 24.9. The van der Waals surface area contributed by atoms with E-state index in [2.05, 4.69) is 9.88 Å². The van der Waals surface area contributed by atoms with E-state index in [4.69, 9.17) is 4.52 Å². The first-order chi connectivity index (χ1) is 16.2. The van der Waals surface area contributed by atoms with Crippen LogP contribution in [0.15, 0.2) is 34.4 Å². The molecular weight excluding hydrogens is 456 g/mol. The van der Waals surface area contributed by atoms with Crippen LogP contribution >= 0.6 is 0 Å². The van der Waals surface area contributed by atoms with Crippen molar-refractivity contribution in [1.29, 1.82) is 0 Å². The van der Waals surface area contributed by atoms with Gasteiger partial charge in [-0.25, -0.2) is 17.9 Å². The molecule has 2 heterocycles. The van der Waals surface area contributed by atoms with Gasteiger partial charge in [-0.2, -0.15) is 9.37 Å². The lowest BCUT2D eigenvalue weighted by Crippen LogP contribution is -2.52. The monoisotopic (exact) mass is 487 g/mol. The number of allylic oxidation sites excluding steroid dienone is 1. The van der Waals surface area contributed by atoms with Crippen molar-refractivity contribution in [2.24, 2.45) is 5.92 Å². The van der Waals surface area contributed by atoms with Crippen LogP contribution in [-0.4, -0.2) is 58.0 Å². The summed E-state index contributed by atoms with van der Waals surface area (Å²) in [5, 5.41) is 2.87. The predicted molar refractivity (Wildman–Crippen MR) is 125 cm³/mol. The lowest BCUT2D eigenvalue weighted by Gasteiger charge is -2.28. The number of nitrogens with one attached hydrogen (secondary N) is 1. The molecule has 34 heavy (non-hydrogen) atoms. The molecule has 5 rings (SSSR count). The third-order valence-electron chi connectivity index (χ3n) is 7.18. The predicted octanol–water partition coefficient (Wildman–Crippen LogP) is 2.82.